The van der Waals surface area contributed by atoms with Gasteiger partial charge in [0.15, 0.2) is 0 Å². The van der Waals surface area contributed by atoms with Crippen LogP contribution in [0.5, 0.6) is 0 Å². The molecule has 1 N–H and O–H groups in total. The van der Waals surface area contributed by atoms with Gasteiger partial charge in [0.25, 0.3) is 0 Å². The molecule has 100 valence electrons. The normalized spacial score (nSPS) is 16.3. The zero-order valence-electron chi connectivity index (χ0n) is 10.2. The van der Waals surface area contributed by atoms with E-state index in [0.717, 1.165) is 31.2 Å². The summed E-state index contributed by atoms with van der Waals surface area (Å²) in [6.45, 7) is 3.49. The van der Waals surface area contributed by atoms with Crippen molar-refractivity contribution in [1.29, 1.82) is 0 Å². The molecule has 0 radical (unpaired) electrons. The summed E-state index contributed by atoms with van der Waals surface area (Å²) in [7, 11) is 0. The quantitative estimate of drug-likeness (QED) is 0.692. The third kappa shape index (κ3) is 2.91. The minimum atomic E-state index is 0.487. The zero-order chi connectivity index (χ0) is 13.1. The number of hydrogen-bond acceptors (Lipinski definition) is 6. The number of hydrogen-bond donors (Lipinski definition) is 1. The van der Waals surface area contributed by atoms with Crippen LogP contribution in [0.1, 0.15) is 4.88 Å². The van der Waals surface area contributed by atoms with Crippen LogP contribution in [0, 0.1) is 4.77 Å². The second kappa shape index (κ2) is 5.64. The highest BCUT2D eigenvalue weighted by Gasteiger charge is 2.12. The van der Waals surface area contributed by atoms with Crippen LogP contribution in [-0.2, 0) is 4.74 Å². The monoisotopic (exact) mass is 295 g/mol. The highest BCUT2D eigenvalue weighted by atomic mass is 32.1. The fourth-order valence-electron chi connectivity index (χ4n) is 1.81. The Bertz CT molecular complexity index is 623. The Balaban J connectivity index is 1.72. The van der Waals surface area contributed by atoms with Crippen LogP contribution in [0.25, 0.3) is 0 Å². The van der Waals surface area contributed by atoms with E-state index >= 15 is 0 Å². The summed E-state index contributed by atoms with van der Waals surface area (Å²) in [5.41, 5.74) is 0. The topological polar surface area (TPSA) is 58.4 Å². The molecule has 1 fully saturated rings. The van der Waals surface area contributed by atoms with Gasteiger partial charge in [0, 0.05) is 18.0 Å². The SMILES string of the molecule is S=c1[nH]ncn1/N=C\c1ccc(N2CCOCC2)s1. The Morgan fingerprint density at radius 1 is 1.42 bits per heavy atom. The first kappa shape index (κ1) is 12.5. The van der Waals surface area contributed by atoms with Gasteiger partial charge in [-0.3, -0.25) is 5.10 Å². The van der Waals surface area contributed by atoms with Crippen LogP contribution >= 0.6 is 23.6 Å². The molecule has 6 nitrogen and oxygen atoms in total. The lowest BCUT2D eigenvalue weighted by atomic mass is 10.4. The Morgan fingerprint density at radius 2 is 2.26 bits per heavy atom. The number of nitrogens with one attached hydrogen (secondary N) is 1. The molecule has 0 spiro atoms. The van der Waals surface area contributed by atoms with Crippen molar-refractivity contribution in [2.45, 2.75) is 0 Å². The second-order valence-corrected chi connectivity index (χ2v) is 5.51. The highest BCUT2D eigenvalue weighted by Crippen LogP contribution is 2.25. The maximum atomic E-state index is 5.35. The summed E-state index contributed by atoms with van der Waals surface area (Å²) in [6.07, 6.45) is 3.34. The molecule has 2 aromatic heterocycles. The molecule has 3 rings (SSSR count). The number of H-pyrrole nitrogens is 1. The van der Waals surface area contributed by atoms with E-state index < -0.39 is 0 Å². The van der Waals surface area contributed by atoms with Crippen molar-refractivity contribution >= 4 is 34.8 Å². The number of nitrogens with zero attached hydrogens (tertiary/aromatic N) is 4. The summed E-state index contributed by atoms with van der Waals surface area (Å²) in [5.74, 6) is 0. The van der Waals surface area contributed by atoms with Crippen molar-refractivity contribution in [3.8, 4) is 0 Å². The van der Waals surface area contributed by atoms with Gasteiger partial charge in [-0.15, -0.1) is 11.3 Å². The summed E-state index contributed by atoms with van der Waals surface area (Å²) < 4.78 is 7.37. The van der Waals surface area contributed by atoms with Gasteiger partial charge in [-0.25, -0.2) is 0 Å². The molecular formula is C11H13N5OS2. The number of aromatic nitrogens is 3. The number of aromatic amines is 1. The minimum absolute atomic E-state index is 0.487. The first-order chi connectivity index (χ1) is 9.33. The summed E-state index contributed by atoms with van der Waals surface area (Å²) >= 11 is 6.73. The molecule has 0 amide bonds. The van der Waals surface area contributed by atoms with Gasteiger partial charge in [0.2, 0.25) is 4.77 Å². The van der Waals surface area contributed by atoms with Crippen LogP contribution < -0.4 is 4.90 Å². The van der Waals surface area contributed by atoms with E-state index in [1.807, 2.05) is 0 Å². The second-order valence-electron chi connectivity index (χ2n) is 4.03. The lowest BCUT2D eigenvalue weighted by Gasteiger charge is -2.27. The standard InChI is InChI=1S/C11H13N5OS2/c18-11-14-12-8-16(11)13-7-9-1-2-10(19-9)15-3-5-17-6-4-15/h1-2,7-8H,3-6H2,(H,14,18)/b13-7-. The van der Waals surface area contributed by atoms with Crippen molar-refractivity contribution in [1.82, 2.24) is 14.9 Å². The molecule has 1 aliphatic heterocycles. The Labute approximate surface area is 119 Å². The molecule has 8 heteroatoms. The minimum Gasteiger partial charge on any atom is -0.378 e. The van der Waals surface area contributed by atoms with Crippen LogP contribution in [-0.4, -0.2) is 47.4 Å². The lowest BCUT2D eigenvalue weighted by Crippen LogP contribution is -2.35. The zero-order valence-corrected chi connectivity index (χ0v) is 11.8. The van der Waals surface area contributed by atoms with Crippen molar-refractivity contribution < 1.29 is 4.74 Å². The van der Waals surface area contributed by atoms with Crippen molar-refractivity contribution in [2.75, 3.05) is 31.2 Å². The van der Waals surface area contributed by atoms with Crippen LogP contribution in [0.15, 0.2) is 23.6 Å². The third-order valence-electron chi connectivity index (χ3n) is 2.78. The molecule has 2 aromatic rings. The van der Waals surface area contributed by atoms with Gasteiger partial charge < -0.3 is 9.64 Å². The van der Waals surface area contributed by atoms with Crippen molar-refractivity contribution in [3.63, 3.8) is 0 Å². The van der Waals surface area contributed by atoms with E-state index in [9.17, 15) is 0 Å². The van der Waals surface area contributed by atoms with E-state index in [1.54, 1.807) is 23.9 Å². The Hall–Kier alpha value is -1.51. The average molecular weight is 295 g/mol. The Morgan fingerprint density at radius 3 is 3.00 bits per heavy atom. The number of thiophene rings is 1. The van der Waals surface area contributed by atoms with E-state index in [-0.39, 0.29) is 0 Å². The predicted molar refractivity (Wildman–Crippen MR) is 77.8 cm³/mol. The van der Waals surface area contributed by atoms with Crippen LogP contribution in [0.2, 0.25) is 0 Å². The van der Waals surface area contributed by atoms with Gasteiger partial charge >= 0.3 is 0 Å². The Kier molecular flexibility index (Phi) is 3.72. The van der Waals surface area contributed by atoms with E-state index in [4.69, 9.17) is 17.0 Å². The molecule has 0 bridgehead atoms. The van der Waals surface area contributed by atoms with Gasteiger partial charge in [-0.1, -0.05) is 0 Å². The number of anilines is 1. The van der Waals surface area contributed by atoms with Gasteiger partial charge in [0.05, 0.1) is 24.4 Å². The predicted octanol–water partition coefficient (Wildman–Crippen LogP) is 1.72. The summed E-state index contributed by atoms with van der Waals surface area (Å²) in [4.78, 5) is 3.42. The highest BCUT2D eigenvalue weighted by molar-refractivity contribution is 7.71. The first-order valence-electron chi connectivity index (χ1n) is 5.92. The number of morpholine rings is 1. The molecule has 0 unspecified atom stereocenters. The van der Waals surface area contributed by atoms with E-state index in [2.05, 4.69) is 32.3 Å². The summed E-state index contributed by atoms with van der Waals surface area (Å²) in [6, 6.07) is 4.18. The van der Waals surface area contributed by atoms with Gasteiger partial charge in [-0.05, 0) is 24.4 Å². The van der Waals surface area contributed by atoms with Gasteiger partial charge in [0.1, 0.15) is 6.33 Å². The molecule has 19 heavy (non-hydrogen) atoms. The fourth-order valence-corrected chi connectivity index (χ4v) is 2.88. The van der Waals surface area contributed by atoms with Gasteiger partial charge in [-0.2, -0.15) is 14.9 Å². The number of rotatable bonds is 3. The van der Waals surface area contributed by atoms with Crippen molar-refractivity contribution in [2.24, 2.45) is 5.10 Å². The molecule has 0 aromatic carbocycles. The molecule has 3 heterocycles. The van der Waals surface area contributed by atoms with E-state index in [1.165, 1.54) is 9.68 Å². The smallest absolute Gasteiger partial charge is 0.216 e. The molecule has 0 saturated carbocycles. The largest absolute Gasteiger partial charge is 0.378 e. The third-order valence-corrected chi connectivity index (χ3v) is 4.14. The maximum Gasteiger partial charge on any atom is 0.216 e. The molecule has 0 aliphatic carbocycles. The van der Waals surface area contributed by atoms with Crippen LogP contribution in [0.4, 0.5) is 5.00 Å². The number of ether oxygens (including phenoxy) is 1. The average Bonchev–Trinajstić information content (AvgIpc) is 3.06. The van der Waals surface area contributed by atoms with Crippen LogP contribution in [0.3, 0.4) is 0 Å². The van der Waals surface area contributed by atoms with E-state index in [0.29, 0.717) is 4.77 Å². The molecular weight excluding hydrogens is 282 g/mol. The lowest BCUT2D eigenvalue weighted by molar-refractivity contribution is 0.123. The molecule has 1 saturated heterocycles. The first-order valence-corrected chi connectivity index (χ1v) is 7.14. The van der Waals surface area contributed by atoms with Crippen molar-refractivity contribution in [3.05, 3.63) is 28.1 Å². The summed E-state index contributed by atoms with van der Waals surface area (Å²) in [5, 5.41) is 12.0. The molecule has 0 atom stereocenters. The fraction of sp³-hybridized carbons (Fsp3) is 0.364. The maximum absolute atomic E-state index is 5.35. The molecule has 1 aliphatic rings.